The van der Waals surface area contributed by atoms with Crippen LogP contribution in [0.5, 0.6) is 0 Å². The van der Waals surface area contributed by atoms with E-state index in [2.05, 4.69) is 30.0 Å². The minimum Gasteiger partial charge on any atom is -0.339 e. The van der Waals surface area contributed by atoms with Gasteiger partial charge in [-0.1, -0.05) is 49.8 Å². The summed E-state index contributed by atoms with van der Waals surface area (Å²) < 4.78 is 0. The highest BCUT2D eigenvalue weighted by atomic mass is 16.2. The summed E-state index contributed by atoms with van der Waals surface area (Å²) >= 11 is 0. The number of fused-ring (bicyclic) bond motifs is 1. The summed E-state index contributed by atoms with van der Waals surface area (Å²) in [6, 6.07) is 8.39. The Kier molecular flexibility index (Phi) is 4.94. The summed E-state index contributed by atoms with van der Waals surface area (Å²) in [7, 11) is 0. The molecule has 1 N–H and O–H groups in total. The summed E-state index contributed by atoms with van der Waals surface area (Å²) in [5, 5.41) is 8.13. The molecule has 122 valence electrons. The van der Waals surface area contributed by atoms with Crippen LogP contribution in [0.2, 0.25) is 0 Å². The van der Waals surface area contributed by atoms with E-state index in [1.165, 1.54) is 6.42 Å². The standard InChI is InChI=1S/C20H26N2O/c1-2-7-16(21)14-17-9-5-6-13-22(17)20(23)19-12-11-15-8-3-4-10-18(15)19/h3-4,8,10-12,17,19,21H,2,5-7,9,13-14H2,1H3. The first kappa shape index (κ1) is 16.0. The number of carbonyl (C=O) groups is 1. The monoisotopic (exact) mass is 310 g/mol. The molecule has 2 atom stereocenters. The first-order valence-electron chi connectivity index (χ1n) is 8.84. The van der Waals surface area contributed by atoms with Crippen molar-refractivity contribution in [2.75, 3.05) is 6.54 Å². The first-order valence-corrected chi connectivity index (χ1v) is 8.84. The van der Waals surface area contributed by atoms with Crippen LogP contribution in [0.25, 0.3) is 6.08 Å². The highest BCUT2D eigenvalue weighted by Crippen LogP contribution is 2.33. The van der Waals surface area contributed by atoms with Crippen LogP contribution >= 0.6 is 0 Å². The van der Waals surface area contributed by atoms with E-state index < -0.39 is 0 Å². The van der Waals surface area contributed by atoms with E-state index in [1.54, 1.807) is 0 Å². The number of likely N-dealkylation sites (tertiary alicyclic amines) is 1. The van der Waals surface area contributed by atoms with Crippen LogP contribution < -0.4 is 0 Å². The average Bonchev–Trinajstić information content (AvgIpc) is 2.99. The predicted octanol–water partition coefficient (Wildman–Crippen LogP) is 4.39. The van der Waals surface area contributed by atoms with Crippen molar-refractivity contribution in [2.24, 2.45) is 0 Å². The van der Waals surface area contributed by atoms with Gasteiger partial charge in [0.15, 0.2) is 0 Å². The van der Waals surface area contributed by atoms with Gasteiger partial charge in [-0.3, -0.25) is 4.79 Å². The number of hydrogen-bond acceptors (Lipinski definition) is 2. The molecular weight excluding hydrogens is 284 g/mol. The summed E-state index contributed by atoms with van der Waals surface area (Å²) in [5.41, 5.74) is 3.09. The van der Waals surface area contributed by atoms with Crippen LogP contribution in [0.1, 0.15) is 62.5 Å². The Morgan fingerprint density at radius 2 is 2.13 bits per heavy atom. The van der Waals surface area contributed by atoms with E-state index in [1.807, 2.05) is 18.2 Å². The maximum atomic E-state index is 13.1. The van der Waals surface area contributed by atoms with Crippen molar-refractivity contribution in [1.29, 1.82) is 5.41 Å². The van der Waals surface area contributed by atoms with Gasteiger partial charge in [0.2, 0.25) is 5.91 Å². The highest BCUT2D eigenvalue weighted by molar-refractivity contribution is 5.91. The lowest BCUT2D eigenvalue weighted by molar-refractivity contribution is -0.135. The molecule has 1 fully saturated rings. The third-order valence-corrected chi connectivity index (χ3v) is 5.01. The molecule has 3 heteroatoms. The quantitative estimate of drug-likeness (QED) is 0.805. The molecule has 1 saturated heterocycles. The minimum atomic E-state index is -0.132. The molecule has 1 amide bonds. The third kappa shape index (κ3) is 3.39. The number of piperidine rings is 1. The lowest BCUT2D eigenvalue weighted by atomic mass is 9.92. The number of benzene rings is 1. The van der Waals surface area contributed by atoms with E-state index in [0.29, 0.717) is 0 Å². The molecule has 1 aromatic rings. The van der Waals surface area contributed by atoms with Gasteiger partial charge in [0.05, 0.1) is 5.92 Å². The molecule has 2 aliphatic rings. The Balaban J connectivity index is 1.75. The average molecular weight is 310 g/mol. The van der Waals surface area contributed by atoms with Crippen LogP contribution in [0.15, 0.2) is 30.3 Å². The number of rotatable bonds is 5. The summed E-state index contributed by atoms with van der Waals surface area (Å²) in [6.45, 7) is 2.95. The fraction of sp³-hybridized carbons (Fsp3) is 0.500. The van der Waals surface area contributed by atoms with E-state index in [9.17, 15) is 4.79 Å². The minimum absolute atomic E-state index is 0.132. The van der Waals surface area contributed by atoms with E-state index in [4.69, 9.17) is 5.41 Å². The molecule has 3 nitrogen and oxygen atoms in total. The zero-order valence-electron chi connectivity index (χ0n) is 13.9. The van der Waals surface area contributed by atoms with Gasteiger partial charge in [-0.05, 0) is 36.8 Å². The fourth-order valence-corrected chi connectivity index (χ4v) is 3.83. The molecule has 0 aromatic heterocycles. The van der Waals surface area contributed by atoms with Crippen molar-refractivity contribution >= 4 is 17.7 Å². The van der Waals surface area contributed by atoms with Crippen molar-refractivity contribution in [3.63, 3.8) is 0 Å². The van der Waals surface area contributed by atoms with Crippen LogP contribution in [0.4, 0.5) is 0 Å². The maximum absolute atomic E-state index is 13.1. The van der Waals surface area contributed by atoms with Crippen molar-refractivity contribution < 1.29 is 4.79 Å². The van der Waals surface area contributed by atoms with Gasteiger partial charge in [0.25, 0.3) is 0 Å². The third-order valence-electron chi connectivity index (χ3n) is 5.01. The van der Waals surface area contributed by atoms with Crippen molar-refractivity contribution in [1.82, 2.24) is 4.90 Å². The number of hydrogen-bond donors (Lipinski definition) is 1. The maximum Gasteiger partial charge on any atom is 0.234 e. The van der Waals surface area contributed by atoms with Gasteiger partial charge in [-0.15, -0.1) is 0 Å². The molecule has 1 aliphatic heterocycles. The number of carbonyl (C=O) groups excluding carboxylic acids is 1. The van der Waals surface area contributed by atoms with Crippen LogP contribution in [0, 0.1) is 5.41 Å². The van der Waals surface area contributed by atoms with E-state index in [0.717, 1.165) is 55.5 Å². The van der Waals surface area contributed by atoms with Crippen molar-refractivity contribution in [3.05, 3.63) is 41.5 Å². The summed E-state index contributed by atoms with van der Waals surface area (Å²) in [5.74, 6) is 0.0901. The lowest BCUT2D eigenvalue weighted by Gasteiger charge is -2.37. The lowest BCUT2D eigenvalue weighted by Crippen LogP contribution is -2.46. The fourth-order valence-electron chi connectivity index (χ4n) is 3.83. The second-order valence-electron chi connectivity index (χ2n) is 6.70. The second kappa shape index (κ2) is 7.12. The van der Waals surface area contributed by atoms with Gasteiger partial charge >= 0.3 is 0 Å². The zero-order chi connectivity index (χ0) is 16.2. The molecule has 0 bridgehead atoms. The SMILES string of the molecule is CCCC(=N)CC1CCCCN1C(=O)C1C=Cc2ccccc21. The van der Waals surface area contributed by atoms with E-state index >= 15 is 0 Å². The molecule has 3 rings (SSSR count). The number of nitrogens with one attached hydrogen (secondary N) is 1. The molecule has 23 heavy (non-hydrogen) atoms. The second-order valence-corrected chi connectivity index (χ2v) is 6.70. The number of amides is 1. The molecule has 1 aliphatic carbocycles. The van der Waals surface area contributed by atoms with Gasteiger partial charge in [-0.2, -0.15) is 0 Å². The zero-order valence-corrected chi connectivity index (χ0v) is 13.9. The topological polar surface area (TPSA) is 44.2 Å². The molecule has 1 aromatic carbocycles. The van der Waals surface area contributed by atoms with Gasteiger partial charge < -0.3 is 10.3 Å². The molecule has 0 saturated carbocycles. The Hall–Kier alpha value is -1.90. The molecule has 0 radical (unpaired) electrons. The molecule has 1 heterocycles. The van der Waals surface area contributed by atoms with E-state index in [-0.39, 0.29) is 17.9 Å². The Morgan fingerprint density at radius 1 is 1.30 bits per heavy atom. The largest absolute Gasteiger partial charge is 0.339 e. The van der Waals surface area contributed by atoms with Gasteiger partial charge in [0, 0.05) is 24.7 Å². The first-order chi connectivity index (χ1) is 11.2. The smallest absolute Gasteiger partial charge is 0.234 e. The van der Waals surface area contributed by atoms with Crippen LogP contribution in [0.3, 0.4) is 0 Å². The molecular formula is C20H26N2O. The Morgan fingerprint density at radius 3 is 2.96 bits per heavy atom. The van der Waals surface area contributed by atoms with Crippen LogP contribution in [-0.2, 0) is 4.79 Å². The molecule has 2 unspecified atom stereocenters. The highest BCUT2D eigenvalue weighted by Gasteiger charge is 2.33. The normalized spacial score (nSPS) is 22.9. The van der Waals surface area contributed by atoms with Crippen molar-refractivity contribution in [3.8, 4) is 0 Å². The summed E-state index contributed by atoms with van der Waals surface area (Å²) in [4.78, 5) is 15.2. The summed E-state index contributed by atoms with van der Waals surface area (Å²) in [6.07, 6.45) is 10.0. The Bertz CT molecular complexity index is 620. The predicted molar refractivity (Wildman–Crippen MR) is 94.8 cm³/mol. The van der Waals surface area contributed by atoms with Gasteiger partial charge in [0.1, 0.15) is 0 Å². The van der Waals surface area contributed by atoms with Gasteiger partial charge in [-0.25, -0.2) is 0 Å². The number of nitrogens with zero attached hydrogens (tertiary/aromatic N) is 1. The molecule has 0 spiro atoms. The van der Waals surface area contributed by atoms with Crippen LogP contribution in [-0.4, -0.2) is 29.1 Å². The van der Waals surface area contributed by atoms with Crippen molar-refractivity contribution in [2.45, 2.75) is 57.4 Å². The Labute approximate surface area is 138 Å².